The lowest BCUT2D eigenvalue weighted by molar-refractivity contribution is 0.0947. The fourth-order valence-corrected chi connectivity index (χ4v) is 5.49. The Balaban J connectivity index is 1.46. The SMILES string of the molecule is CCc1ccc(CNC(=O)c2ccc3c(c2)N(Cc2cccc(Cl)c2)C(=O)c2ccccc2S3)cc1. The molecule has 2 amide bonds. The fourth-order valence-electron chi connectivity index (χ4n) is 4.21. The van der Waals surface area contributed by atoms with E-state index in [0.29, 0.717) is 34.9 Å². The summed E-state index contributed by atoms with van der Waals surface area (Å²) >= 11 is 7.76. The van der Waals surface area contributed by atoms with Gasteiger partial charge in [0.25, 0.3) is 11.8 Å². The molecule has 1 N–H and O–H groups in total. The molecule has 6 heteroatoms. The van der Waals surface area contributed by atoms with Gasteiger partial charge in [-0.15, -0.1) is 0 Å². The zero-order chi connectivity index (χ0) is 25.1. The molecular weight excluding hydrogens is 488 g/mol. The molecule has 0 fully saturated rings. The van der Waals surface area contributed by atoms with Crippen molar-refractivity contribution < 1.29 is 9.59 Å². The van der Waals surface area contributed by atoms with Crippen LogP contribution in [0.2, 0.25) is 5.02 Å². The van der Waals surface area contributed by atoms with Crippen molar-refractivity contribution in [3.8, 4) is 0 Å². The van der Waals surface area contributed by atoms with Crippen LogP contribution >= 0.6 is 23.4 Å². The third-order valence-corrected chi connectivity index (χ3v) is 7.58. The third kappa shape index (κ3) is 5.18. The predicted octanol–water partition coefficient (Wildman–Crippen LogP) is 7.14. The lowest BCUT2D eigenvalue weighted by Crippen LogP contribution is -2.31. The minimum absolute atomic E-state index is 0.106. The number of fused-ring (bicyclic) bond motifs is 2. The minimum atomic E-state index is -0.181. The second kappa shape index (κ2) is 10.6. The van der Waals surface area contributed by atoms with Crippen molar-refractivity contribution in [2.75, 3.05) is 4.90 Å². The molecule has 4 aromatic carbocycles. The number of carbonyl (C=O) groups is 2. The van der Waals surface area contributed by atoms with E-state index >= 15 is 0 Å². The molecular formula is C30H25ClN2O2S. The number of nitrogens with one attached hydrogen (secondary N) is 1. The minimum Gasteiger partial charge on any atom is -0.348 e. The fraction of sp³-hybridized carbons (Fsp3) is 0.133. The van der Waals surface area contributed by atoms with Crippen LogP contribution in [-0.4, -0.2) is 11.8 Å². The molecule has 0 saturated heterocycles. The van der Waals surface area contributed by atoms with Gasteiger partial charge < -0.3 is 10.2 Å². The predicted molar refractivity (Wildman–Crippen MR) is 146 cm³/mol. The van der Waals surface area contributed by atoms with Crippen molar-refractivity contribution in [2.45, 2.75) is 36.2 Å². The Kier molecular flexibility index (Phi) is 7.12. The van der Waals surface area contributed by atoms with Crippen LogP contribution in [0.4, 0.5) is 5.69 Å². The first kappa shape index (κ1) is 24.2. The van der Waals surface area contributed by atoms with Gasteiger partial charge in [0.2, 0.25) is 0 Å². The number of anilines is 1. The van der Waals surface area contributed by atoms with Gasteiger partial charge in [-0.2, -0.15) is 0 Å². The van der Waals surface area contributed by atoms with Crippen LogP contribution in [0.1, 0.15) is 44.3 Å². The number of nitrogens with zero attached hydrogens (tertiary/aromatic N) is 1. The largest absolute Gasteiger partial charge is 0.348 e. The van der Waals surface area contributed by atoms with Crippen molar-refractivity contribution in [1.29, 1.82) is 0 Å². The average molecular weight is 513 g/mol. The summed E-state index contributed by atoms with van der Waals surface area (Å²) in [7, 11) is 0. The first-order chi connectivity index (χ1) is 17.5. The van der Waals surface area contributed by atoms with Gasteiger partial charge in [0.05, 0.1) is 17.8 Å². The lowest BCUT2D eigenvalue weighted by atomic mass is 10.1. The van der Waals surface area contributed by atoms with E-state index in [1.165, 1.54) is 17.3 Å². The number of halogens is 1. The van der Waals surface area contributed by atoms with E-state index in [2.05, 4.69) is 24.4 Å². The summed E-state index contributed by atoms with van der Waals surface area (Å²) in [6, 6.07) is 28.9. The summed E-state index contributed by atoms with van der Waals surface area (Å²) in [5.74, 6) is -0.287. The molecule has 0 unspecified atom stereocenters. The number of benzene rings is 4. The second-order valence-corrected chi connectivity index (χ2v) is 10.2. The Hall–Kier alpha value is -3.54. The van der Waals surface area contributed by atoms with Gasteiger partial charge in [-0.25, -0.2) is 0 Å². The molecule has 0 spiro atoms. The maximum Gasteiger partial charge on any atom is 0.259 e. The zero-order valence-corrected chi connectivity index (χ0v) is 21.4. The molecule has 0 aliphatic carbocycles. The van der Waals surface area contributed by atoms with Crippen molar-refractivity contribution in [2.24, 2.45) is 0 Å². The normalized spacial score (nSPS) is 12.5. The molecule has 0 bridgehead atoms. The molecule has 5 rings (SSSR count). The molecule has 0 saturated carbocycles. The molecule has 36 heavy (non-hydrogen) atoms. The van der Waals surface area contributed by atoms with Gasteiger partial charge in [-0.1, -0.05) is 78.8 Å². The maximum absolute atomic E-state index is 13.7. The van der Waals surface area contributed by atoms with Gasteiger partial charge in [0, 0.05) is 26.9 Å². The van der Waals surface area contributed by atoms with Crippen LogP contribution in [0.25, 0.3) is 0 Å². The third-order valence-electron chi connectivity index (χ3n) is 6.21. The molecule has 0 radical (unpaired) electrons. The van der Waals surface area contributed by atoms with Gasteiger partial charge in [-0.3, -0.25) is 9.59 Å². The standard InChI is InChI=1S/C30H25ClN2O2S/c1-2-20-10-12-21(13-11-20)18-32-29(34)23-14-15-28-26(17-23)33(19-22-6-5-7-24(31)16-22)30(35)25-8-3-4-9-27(25)36-28/h3-17H,2,18-19H2,1H3,(H,32,34). The van der Waals surface area contributed by atoms with Gasteiger partial charge in [0.1, 0.15) is 0 Å². The zero-order valence-electron chi connectivity index (χ0n) is 19.8. The highest BCUT2D eigenvalue weighted by Gasteiger charge is 2.28. The van der Waals surface area contributed by atoms with Crippen LogP contribution in [0.5, 0.6) is 0 Å². The van der Waals surface area contributed by atoms with E-state index in [1.54, 1.807) is 4.90 Å². The summed E-state index contributed by atoms with van der Waals surface area (Å²) in [6.07, 6.45) is 0.980. The first-order valence-corrected chi connectivity index (χ1v) is 13.0. The Morgan fingerprint density at radius 1 is 0.861 bits per heavy atom. The van der Waals surface area contributed by atoms with Gasteiger partial charge in [-0.05, 0) is 65.6 Å². The second-order valence-electron chi connectivity index (χ2n) is 8.65. The quantitative estimate of drug-likeness (QED) is 0.298. The maximum atomic E-state index is 13.7. The first-order valence-electron chi connectivity index (χ1n) is 11.8. The average Bonchev–Trinajstić information content (AvgIpc) is 3.01. The van der Waals surface area contributed by atoms with Gasteiger partial charge in [0.15, 0.2) is 0 Å². The van der Waals surface area contributed by atoms with E-state index in [4.69, 9.17) is 11.6 Å². The van der Waals surface area contributed by atoms with E-state index in [0.717, 1.165) is 27.3 Å². The molecule has 1 aliphatic rings. The smallest absolute Gasteiger partial charge is 0.259 e. The van der Waals surface area contributed by atoms with Crippen LogP contribution in [0, 0.1) is 0 Å². The highest BCUT2D eigenvalue weighted by atomic mass is 35.5. The molecule has 1 heterocycles. The topological polar surface area (TPSA) is 49.4 Å². The van der Waals surface area contributed by atoms with Crippen LogP contribution in [0.15, 0.2) is 101 Å². The monoisotopic (exact) mass is 512 g/mol. The molecule has 4 aromatic rings. The number of aryl methyl sites for hydroxylation is 1. The highest BCUT2D eigenvalue weighted by molar-refractivity contribution is 7.99. The summed E-state index contributed by atoms with van der Waals surface area (Å²) in [5.41, 5.74) is 5.08. The molecule has 0 atom stereocenters. The summed E-state index contributed by atoms with van der Waals surface area (Å²) in [6.45, 7) is 2.90. The van der Waals surface area contributed by atoms with E-state index < -0.39 is 0 Å². The van der Waals surface area contributed by atoms with Gasteiger partial charge >= 0.3 is 0 Å². The number of hydrogen-bond acceptors (Lipinski definition) is 3. The summed E-state index contributed by atoms with van der Waals surface area (Å²) in [4.78, 5) is 30.3. The van der Waals surface area contributed by atoms with Crippen molar-refractivity contribution in [3.05, 3.63) is 124 Å². The van der Waals surface area contributed by atoms with Crippen LogP contribution < -0.4 is 10.2 Å². The van der Waals surface area contributed by atoms with Crippen molar-refractivity contribution in [3.63, 3.8) is 0 Å². The van der Waals surface area contributed by atoms with E-state index in [-0.39, 0.29) is 11.8 Å². The number of amides is 2. The Labute approximate surface area is 220 Å². The van der Waals surface area contributed by atoms with Crippen LogP contribution in [-0.2, 0) is 19.5 Å². The van der Waals surface area contributed by atoms with E-state index in [9.17, 15) is 9.59 Å². The Bertz CT molecular complexity index is 1440. The lowest BCUT2D eigenvalue weighted by Gasteiger charge is -2.24. The molecule has 180 valence electrons. The van der Waals surface area contributed by atoms with Crippen molar-refractivity contribution >= 4 is 40.9 Å². The Morgan fingerprint density at radius 3 is 2.42 bits per heavy atom. The summed E-state index contributed by atoms with van der Waals surface area (Å²) < 4.78 is 0. The molecule has 0 aromatic heterocycles. The number of rotatable bonds is 6. The highest BCUT2D eigenvalue weighted by Crippen LogP contribution is 2.42. The number of hydrogen-bond donors (Lipinski definition) is 1. The molecule has 1 aliphatic heterocycles. The number of carbonyl (C=O) groups excluding carboxylic acids is 2. The van der Waals surface area contributed by atoms with Crippen LogP contribution in [0.3, 0.4) is 0 Å². The Morgan fingerprint density at radius 2 is 1.64 bits per heavy atom. The summed E-state index contributed by atoms with van der Waals surface area (Å²) in [5, 5.41) is 3.62. The van der Waals surface area contributed by atoms with E-state index in [1.807, 2.05) is 78.9 Å². The van der Waals surface area contributed by atoms with Crippen molar-refractivity contribution in [1.82, 2.24) is 5.32 Å². The molecule has 4 nitrogen and oxygen atoms in total.